The van der Waals surface area contributed by atoms with Crippen molar-refractivity contribution in [3.8, 4) is 0 Å². The Kier molecular flexibility index (Phi) is 6.23. The fourth-order valence-corrected chi connectivity index (χ4v) is 3.38. The van der Waals surface area contributed by atoms with E-state index in [2.05, 4.69) is 51.7 Å². The molecule has 2 heterocycles. The first-order chi connectivity index (χ1) is 12.3. The number of benzene rings is 1. The zero-order chi connectivity index (χ0) is 17.5. The minimum atomic E-state index is 0.262. The van der Waals surface area contributed by atoms with Crippen molar-refractivity contribution in [1.82, 2.24) is 19.4 Å². The van der Waals surface area contributed by atoms with Gasteiger partial charge in [0.1, 0.15) is 5.82 Å². The number of aryl methyl sites for hydroxylation is 2. The van der Waals surface area contributed by atoms with E-state index in [0.717, 1.165) is 57.9 Å². The Bertz CT molecular complexity index is 659. The summed E-state index contributed by atoms with van der Waals surface area (Å²) < 4.78 is 2.09. The highest BCUT2D eigenvalue weighted by atomic mass is 16.2. The maximum atomic E-state index is 12.5. The van der Waals surface area contributed by atoms with Crippen LogP contribution in [0.1, 0.15) is 24.7 Å². The van der Waals surface area contributed by atoms with Gasteiger partial charge in [0.05, 0.1) is 0 Å². The second-order valence-electron chi connectivity index (χ2n) is 6.60. The van der Waals surface area contributed by atoms with Crippen LogP contribution in [0, 0.1) is 0 Å². The third-order valence-electron chi connectivity index (χ3n) is 4.97. The number of imidazole rings is 1. The zero-order valence-corrected chi connectivity index (χ0v) is 15.1. The molecule has 1 aliphatic heterocycles. The van der Waals surface area contributed by atoms with E-state index in [4.69, 9.17) is 0 Å². The molecule has 0 saturated carbocycles. The Hall–Kier alpha value is -2.14. The van der Waals surface area contributed by atoms with Crippen molar-refractivity contribution in [2.45, 2.75) is 32.7 Å². The quantitative estimate of drug-likeness (QED) is 0.776. The van der Waals surface area contributed by atoms with E-state index in [0.29, 0.717) is 6.42 Å². The average molecular weight is 340 g/mol. The summed E-state index contributed by atoms with van der Waals surface area (Å²) in [7, 11) is 0. The highest BCUT2D eigenvalue weighted by Crippen LogP contribution is 2.08. The molecule has 1 fully saturated rings. The number of aromatic nitrogens is 2. The molecule has 0 N–H and O–H groups in total. The van der Waals surface area contributed by atoms with Gasteiger partial charge in [-0.2, -0.15) is 0 Å². The molecule has 5 heteroatoms. The molecule has 3 rings (SSSR count). The predicted octanol–water partition coefficient (Wildman–Crippen LogP) is 2.22. The van der Waals surface area contributed by atoms with E-state index in [1.165, 1.54) is 5.56 Å². The van der Waals surface area contributed by atoms with Gasteiger partial charge in [-0.25, -0.2) is 4.98 Å². The Morgan fingerprint density at radius 2 is 1.84 bits per heavy atom. The van der Waals surface area contributed by atoms with Crippen LogP contribution in [-0.2, 0) is 24.2 Å². The third kappa shape index (κ3) is 4.92. The molecule has 1 saturated heterocycles. The van der Waals surface area contributed by atoms with Crippen molar-refractivity contribution in [3.05, 3.63) is 54.1 Å². The van der Waals surface area contributed by atoms with Gasteiger partial charge in [-0.05, 0) is 12.0 Å². The summed E-state index contributed by atoms with van der Waals surface area (Å²) in [6.45, 7) is 7.54. The Balaban J connectivity index is 1.39. The van der Waals surface area contributed by atoms with Crippen molar-refractivity contribution >= 4 is 5.91 Å². The van der Waals surface area contributed by atoms with Gasteiger partial charge < -0.3 is 9.47 Å². The molecule has 0 radical (unpaired) electrons. The number of amides is 1. The predicted molar refractivity (Wildman–Crippen MR) is 99.4 cm³/mol. The second kappa shape index (κ2) is 8.81. The summed E-state index contributed by atoms with van der Waals surface area (Å²) in [6, 6.07) is 10.6. The van der Waals surface area contributed by atoms with Gasteiger partial charge in [0.15, 0.2) is 0 Å². The lowest BCUT2D eigenvalue weighted by atomic mass is 10.1. The molecule has 1 aromatic heterocycles. The van der Waals surface area contributed by atoms with E-state index >= 15 is 0 Å². The monoisotopic (exact) mass is 340 g/mol. The SMILES string of the molecule is CCc1nccn1CCC(=O)N1CCN(CCc2ccccc2)CC1. The van der Waals surface area contributed by atoms with Gasteiger partial charge in [-0.1, -0.05) is 37.3 Å². The largest absolute Gasteiger partial charge is 0.340 e. The number of nitrogens with zero attached hydrogens (tertiary/aromatic N) is 4. The highest BCUT2D eigenvalue weighted by Gasteiger charge is 2.20. The Morgan fingerprint density at radius 1 is 1.08 bits per heavy atom. The molecule has 5 nitrogen and oxygen atoms in total. The molecule has 0 unspecified atom stereocenters. The maximum absolute atomic E-state index is 12.5. The Morgan fingerprint density at radius 3 is 2.56 bits per heavy atom. The number of rotatable bonds is 7. The smallest absolute Gasteiger partial charge is 0.224 e. The summed E-state index contributed by atoms with van der Waals surface area (Å²) in [5.74, 6) is 1.32. The Labute approximate surface area is 150 Å². The lowest BCUT2D eigenvalue weighted by Gasteiger charge is -2.34. The fourth-order valence-electron chi connectivity index (χ4n) is 3.38. The molecule has 25 heavy (non-hydrogen) atoms. The molecular weight excluding hydrogens is 312 g/mol. The molecule has 1 aliphatic rings. The first-order valence-corrected chi connectivity index (χ1v) is 9.30. The van der Waals surface area contributed by atoms with Crippen LogP contribution in [0.4, 0.5) is 0 Å². The molecule has 1 aromatic carbocycles. The van der Waals surface area contributed by atoms with Crippen LogP contribution in [0.5, 0.6) is 0 Å². The van der Waals surface area contributed by atoms with E-state index in [1.807, 2.05) is 17.3 Å². The van der Waals surface area contributed by atoms with Crippen LogP contribution in [-0.4, -0.2) is 58.0 Å². The van der Waals surface area contributed by atoms with E-state index in [-0.39, 0.29) is 5.91 Å². The van der Waals surface area contributed by atoms with Crippen molar-refractivity contribution < 1.29 is 4.79 Å². The summed E-state index contributed by atoms with van der Waals surface area (Å²) in [6.07, 6.45) is 6.33. The molecule has 0 bridgehead atoms. The maximum Gasteiger partial charge on any atom is 0.224 e. The van der Waals surface area contributed by atoms with Gasteiger partial charge >= 0.3 is 0 Å². The molecule has 134 valence electrons. The lowest BCUT2D eigenvalue weighted by Crippen LogP contribution is -2.49. The molecule has 2 aromatic rings. The molecule has 1 amide bonds. The number of carbonyl (C=O) groups is 1. The van der Waals surface area contributed by atoms with Crippen molar-refractivity contribution in [2.24, 2.45) is 0 Å². The summed E-state index contributed by atoms with van der Waals surface area (Å²) in [4.78, 5) is 21.2. The highest BCUT2D eigenvalue weighted by molar-refractivity contribution is 5.76. The van der Waals surface area contributed by atoms with Crippen LogP contribution in [0.15, 0.2) is 42.7 Å². The summed E-state index contributed by atoms with van der Waals surface area (Å²) in [5, 5.41) is 0. The van der Waals surface area contributed by atoms with Crippen LogP contribution in [0.3, 0.4) is 0 Å². The summed E-state index contributed by atoms with van der Waals surface area (Å²) in [5.41, 5.74) is 1.38. The fraction of sp³-hybridized carbons (Fsp3) is 0.500. The van der Waals surface area contributed by atoms with Crippen molar-refractivity contribution in [2.75, 3.05) is 32.7 Å². The minimum Gasteiger partial charge on any atom is -0.340 e. The van der Waals surface area contributed by atoms with Gasteiger partial charge in [0, 0.05) is 64.5 Å². The zero-order valence-electron chi connectivity index (χ0n) is 15.1. The lowest BCUT2D eigenvalue weighted by molar-refractivity contribution is -0.133. The molecule has 0 aliphatic carbocycles. The molecule has 0 spiro atoms. The number of hydrogen-bond acceptors (Lipinski definition) is 3. The van der Waals surface area contributed by atoms with Crippen molar-refractivity contribution in [1.29, 1.82) is 0 Å². The van der Waals surface area contributed by atoms with E-state index < -0.39 is 0 Å². The van der Waals surface area contributed by atoms with E-state index in [1.54, 1.807) is 0 Å². The average Bonchev–Trinajstić information content (AvgIpc) is 3.13. The minimum absolute atomic E-state index is 0.262. The van der Waals surface area contributed by atoms with Gasteiger partial charge in [-0.3, -0.25) is 9.69 Å². The van der Waals surface area contributed by atoms with Crippen LogP contribution >= 0.6 is 0 Å². The third-order valence-corrected chi connectivity index (χ3v) is 4.97. The second-order valence-corrected chi connectivity index (χ2v) is 6.60. The van der Waals surface area contributed by atoms with Crippen LogP contribution in [0.25, 0.3) is 0 Å². The topological polar surface area (TPSA) is 41.4 Å². The van der Waals surface area contributed by atoms with Gasteiger partial charge in [-0.15, -0.1) is 0 Å². The van der Waals surface area contributed by atoms with Gasteiger partial charge in [0.25, 0.3) is 0 Å². The van der Waals surface area contributed by atoms with Gasteiger partial charge in [0.2, 0.25) is 5.91 Å². The molecule has 0 atom stereocenters. The number of hydrogen-bond donors (Lipinski definition) is 0. The van der Waals surface area contributed by atoms with Crippen LogP contribution in [0.2, 0.25) is 0 Å². The van der Waals surface area contributed by atoms with E-state index in [9.17, 15) is 4.79 Å². The number of carbonyl (C=O) groups excluding carboxylic acids is 1. The van der Waals surface area contributed by atoms with Crippen molar-refractivity contribution in [3.63, 3.8) is 0 Å². The van der Waals surface area contributed by atoms with Crippen LogP contribution < -0.4 is 0 Å². The molecular formula is C20H28N4O. The number of piperazine rings is 1. The first kappa shape index (κ1) is 17.7. The standard InChI is InChI=1S/C20H28N4O/c1-2-19-21-10-13-23(19)12-9-20(25)24-16-14-22(15-17-24)11-8-18-6-4-3-5-7-18/h3-7,10,13H,2,8-9,11-12,14-17H2,1H3. The summed E-state index contributed by atoms with van der Waals surface area (Å²) >= 11 is 0. The normalized spacial score (nSPS) is 15.5. The first-order valence-electron chi connectivity index (χ1n) is 9.30.